The van der Waals surface area contributed by atoms with Crippen LogP contribution in [-0.2, 0) is 4.79 Å². The average Bonchev–Trinajstić information content (AvgIpc) is 3.11. The van der Waals surface area contributed by atoms with Gasteiger partial charge in [-0.1, -0.05) is 29.8 Å². The van der Waals surface area contributed by atoms with Crippen LogP contribution >= 0.6 is 22.9 Å². The minimum absolute atomic E-state index is 0.0760. The van der Waals surface area contributed by atoms with Crippen molar-refractivity contribution in [1.29, 1.82) is 0 Å². The van der Waals surface area contributed by atoms with E-state index >= 15 is 0 Å². The van der Waals surface area contributed by atoms with Gasteiger partial charge >= 0.3 is 0 Å². The van der Waals surface area contributed by atoms with Crippen molar-refractivity contribution in [3.8, 4) is 0 Å². The van der Waals surface area contributed by atoms with Crippen molar-refractivity contribution < 1.29 is 4.79 Å². The number of thiophene rings is 1. The third-order valence-electron chi connectivity index (χ3n) is 4.03. The van der Waals surface area contributed by atoms with Crippen LogP contribution in [0.5, 0.6) is 0 Å². The van der Waals surface area contributed by atoms with Crippen molar-refractivity contribution in [1.82, 2.24) is 10.2 Å². The Morgan fingerprint density at radius 1 is 1.50 bits per heavy atom. The van der Waals surface area contributed by atoms with Crippen LogP contribution in [0.15, 0.2) is 30.3 Å². The van der Waals surface area contributed by atoms with E-state index in [1.165, 1.54) is 0 Å². The Kier molecular flexibility index (Phi) is 4.81. The number of carbonyl (C=O) groups is 1. The van der Waals surface area contributed by atoms with Crippen molar-refractivity contribution in [3.63, 3.8) is 0 Å². The van der Waals surface area contributed by atoms with Crippen LogP contribution < -0.4 is 5.32 Å². The predicted molar refractivity (Wildman–Crippen MR) is 94.5 cm³/mol. The van der Waals surface area contributed by atoms with Crippen LogP contribution in [0.25, 0.3) is 16.2 Å². The van der Waals surface area contributed by atoms with Gasteiger partial charge in [0.2, 0.25) is 5.91 Å². The van der Waals surface area contributed by atoms with Crippen LogP contribution in [0.4, 0.5) is 0 Å². The maximum atomic E-state index is 12.3. The van der Waals surface area contributed by atoms with E-state index in [9.17, 15) is 4.79 Å². The van der Waals surface area contributed by atoms with Crippen molar-refractivity contribution in [2.24, 2.45) is 5.92 Å². The standard InChI is InChI=1S/C17H19ClN2OS/c1-19-10-12-8-9-20(11-12)16(21)7-6-15-17(18)13-4-2-3-5-14(13)22-15/h2-7,12,19H,8-11H2,1H3. The maximum absolute atomic E-state index is 12.3. The van der Waals surface area contributed by atoms with E-state index < -0.39 is 0 Å². The zero-order valence-electron chi connectivity index (χ0n) is 12.5. The molecule has 22 heavy (non-hydrogen) atoms. The summed E-state index contributed by atoms with van der Waals surface area (Å²) >= 11 is 8.01. The molecule has 1 aliphatic rings. The van der Waals surface area contributed by atoms with Crippen LogP contribution in [0.3, 0.4) is 0 Å². The molecule has 1 atom stereocenters. The Labute approximate surface area is 139 Å². The molecule has 3 rings (SSSR count). The molecule has 0 bridgehead atoms. The summed E-state index contributed by atoms with van der Waals surface area (Å²) in [5, 5.41) is 4.97. The van der Waals surface area contributed by atoms with Gasteiger partial charge in [0.1, 0.15) is 0 Å². The van der Waals surface area contributed by atoms with Gasteiger partial charge in [-0.25, -0.2) is 0 Å². The largest absolute Gasteiger partial charge is 0.339 e. The molecule has 116 valence electrons. The number of amides is 1. The molecule has 1 amide bonds. The Bertz CT molecular complexity index is 710. The lowest BCUT2D eigenvalue weighted by molar-refractivity contribution is -0.125. The van der Waals surface area contributed by atoms with E-state index in [0.717, 1.165) is 46.0 Å². The summed E-state index contributed by atoms with van der Waals surface area (Å²) in [6, 6.07) is 8.04. The van der Waals surface area contributed by atoms with Gasteiger partial charge in [-0.2, -0.15) is 0 Å². The fraction of sp³-hybridized carbons (Fsp3) is 0.353. The van der Waals surface area contributed by atoms with Gasteiger partial charge in [-0.15, -0.1) is 11.3 Å². The summed E-state index contributed by atoms with van der Waals surface area (Å²) < 4.78 is 1.15. The molecule has 1 aromatic heterocycles. The molecular weight excluding hydrogens is 316 g/mol. The topological polar surface area (TPSA) is 32.3 Å². The van der Waals surface area contributed by atoms with Crippen molar-refractivity contribution >= 4 is 45.0 Å². The fourth-order valence-corrected chi connectivity index (χ4v) is 4.28. The number of hydrogen-bond acceptors (Lipinski definition) is 3. The molecule has 3 nitrogen and oxygen atoms in total. The molecule has 5 heteroatoms. The molecule has 1 aliphatic heterocycles. The summed E-state index contributed by atoms with van der Waals surface area (Å²) in [5.41, 5.74) is 0. The van der Waals surface area contributed by atoms with Crippen LogP contribution in [0.1, 0.15) is 11.3 Å². The molecular formula is C17H19ClN2OS. The second-order valence-electron chi connectivity index (χ2n) is 5.61. The summed E-state index contributed by atoms with van der Waals surface area (Å²) in [7, 11) is 1.95. The first kappa shape index (κ1) is 15.5. The molecule has 1 unspecified atom stereocenters. The van der Waals surface area contributed by atoms with Crippen molar-refractivity contribution in [2.45, 2.75) is 6.42 Å². The van der Waals surface area contributed by atoms with Gasteiger partial charge in [0.15, 0.2) is 0 Å². The molecule has 1 N–H and O–H groups in total. The van der Waals surface area contributed by atoms with E-state index in [-0.39, 0.29) is 5.91 Å². The number of fused-ring (bicyclic) bond motifs is 1. The summed E-state index contributed by atoms with van der Waals surface area (Å²) in [6.07, 6.45) is 4.57. The summed E-state index contributed by atoms with van der Waals surface area (Å²) in [4.78, 5) is 15.1. The molecule has 2 heterocycles. The number of rotatable bonds is 4. The van der Waals surface area contributed by atoms with Crippen LogP contribution in [-0.4, -0.2) is 37.5 Å². The minimum atomic E-state index is 0.0760. The number of likely N-dealkylation sites (tertiary alicyclic amines) is 1. The first-order valence-electron chi connectivity index (χ1n) is 7.47. The van der Waals surface area contributed by atoms with Gasteiger partial charge in [0, 0.05) is 34.1 Å². The Hall–Kier alpha value is -1.36. The zero-order chi connectivity index (χ0) is 15.5. The van der Waals surface area contributed by atoms with E-state index in [1.807, 2.05) is 42.3 Å². The number of hydrogen-bond donors (Lipinski definition) is 1. The van der Waals surface area contributed by atoms with Gasteiger partial charge in [-0.05, 0) is 38.1 Å². The number of carbonyl (C=O) groups excluding carboxylic acids is 1. The second kappa shape index (κ2) is 6.82. The molecule has 2 aromatic rings. The molecule has 0 saturated carbocycles. The Morgan fingerprint density at radius 3 is 3.09 bits per heavy atom. The van der Waals surface area contributed by atoms with Gasteiger partial charge in [0.25, 0.3) is 0 Å². The zero-order valence-corrected chi connectivity index (χ0v) is 14.1. The van der Waals surface area contributed by atoms with E-state index in [0.29, 0.717) is 5.92 Å². The predicted octanol–water partition coefficient (Wildman–Crippen LogP) is 3.64. The number of benzene rings is 1. The third-order valence-corrected chi connectivity index (χ3v) is 5.68. The van der Waals surface area contributed by atoms with E-state index in [2.05, 4.69) is 5.32 Å². The van der Waals surface area contributed by atoms with Gasteiger partial charge in [0.05, 0.1) is 5.02 Å². The normalized spacial score (nSPS) is 18.6. The number of nitrogens with zero attached hydrogens (tertiary/aromatic N) is 1. The molecule has 1 aromatic carbocycles. The number of halogens is 1. The maximum Gasteiger partial charge on any atom is 0.246 e. The summed E-state index contributed by atoms with van der Waals surface area (Å²) in [5.74, 6) is 0.641. The molecule has 0 spiro atoms. The minimum Gasteiger partial charge on any atom is -0.339 e. The van der Waals surface area contributed by atoms with Gasteiger partial charge in [-0.3, -0.25) is 4.79 Å². The average molecular weight is 335 g/mol. The van der Waals surface area contributed by atoms with Crippen LogP contribution in [0, 0.1) is 5.92 Å². The lowest BCUT2D eigenvalue weighted by Crippen LogP contribution is -2.28. The van der Waals surface area contributed by atoms with Crippen molar-refractivity contribution in [3.05, 3.63) is 40.2 Å². The third kappa shape index (κ3) is 3.19. The quantitative estimate of drug-likeness (QED) is 0.866. The fourth-order valence-electron chi connectivity index (χ4n) is 2.88. The Morgan fingerprint density at radius 2 is 2.32 bits per heavy atom. The van der Waals surface area contributed by atoms with Crippen molar-refractivity contribution in [2.75, 3.05) is 26.7 Å². The highest BCUT2D eigenvalue weighted by atomic mass is 35.5. The van der Waals surface area contributed by atoms with Gasteiger partial charge < -0.3 is 10.2 Å². The highest BCUT2D eigenvalue weighted by Gasteiger charge is 2.24. The highest BCUT2D eigenvalue weighted by molar-refractivity contribution is 7.20. The van der Waals surface area contributed by atoms with E-state index in [1.54, 1.807) is 17.4 Å². The summed E-state index contributed by atoms with van der Waals surface area (Å²) in [6.45, 7) is 2.65. The lowest BCUT2D eigenvalue weighted by atomic mass is 10.1. The molecule has 1 saturated heterocycles. The Balaban J connectivity index is 1.70. The number of nitrogens with one attached hydrogen (secondary N) is 1. The first-order chi connectivity index (χ1) is 10.7. The van der Waals surface area contributed by atoms with Crippen LogP contribution in [0.2, 0.25) is 5.02 Å². The molecule has 0 aliphatic carbocycles. The first-order valence-corrected chi connectivity index (χ1v) is 8.67. The molecule has 1 fully saturated rings. The second-order valence-corrected chi connectivity index (χ2v) is 7.07. The lowest BCUT2D eigenvalue weighted by Gasteiger charge is -2.14. The molecule has 0 radical (unpaired) electrons. The van der Waals surface area contributed by atoms with E-state index in [4.69, 9.17) is 11.6 Å². The SMILES string of the molecule is CNCC1CCN(C(=O)C=Cc2sc3ccccc3c2Cl)C1. The monoisotopic (exact) mass is 334 g/mol. The highest BCUT2D eigenvalue weighted by Crippen LogP contribution is 2.35. The smallest absolute Gasteiger partial charge is 0.246 e.